The van der Waals surface area contributed by atoms with E-state index >= 15 is 0 Å². The van der Waals surface area contributed by atoms with Crippen LogP contribution in [0.15, 0.2) is 36.5 Å². The highest BCUT2D eigenvalue weighted by molar-refractivity contribution is 5.80. The molecule has 1 saturated heterocycles. The second-order valence-electron chi connectivity index (χ2n) is 20.0. The molecular weight excluding hydrogens is 859 g/mol. The third-order valence-electron chi connectivity index (χ3n) is 13.7. The molecule has 0 saturated carbocycles. The molecular formula is C57H107NO10. The first-order valence-electron chi connectivity index (χ1n) is 28.4. The molecule has 0 aromatic carbocycles. The van der Waals surface area contributed by atoms with Crippen LogP contribution in [-0.4, -0.2) is 110 Å². The summed E-state index contributed by atoms with van der Waals surface area (Å²) in [7, 11) is 0. The van der Waals surface area contributed by atoms with Crippen LogP contribution in [0.1, 0.15) is 251 Å². The van der Waals surface area contributed by atoms with Crippen molar-refractivity contribution in [2.45, 2.75) is 306 Å². The van der Waals surface area contributed by atoms with Crippen molar-refractivity contribution < 1.29 is 50.0 Å². The minimum Gasteiger partial charge on any atom is -0.394 e. The van der Waals surface area contributed by atoms with Gasteiger partial charge in [0.25, 0.3) is 0 Å². The Morgan fingerprint density at radius 1 is 0.500 bits per heavy atom. The maximum atomic E-state index is 13.1. The van der Waals surface area contributed by atoms with E-state index in [0.717, 1.165) is 44.9 Å². The molecule has 0 radical (unpaired) electrons. The molecule has 0 aromatic rings. The van der Waals surface area contributed by atoms with E-state index in [2.05, 4.69) is 55.6 Å². The fourth-order valence-corrected chi connectivity index (χ4v) is 9.00. The van der Waals surface area contributed by atoms with Gasteiger partial charge in [-0.1, -0.05) is 224 Å². The zero-order valence-corrected chi connectivity index (χ0v) is 43.6. The van der Waals surface area contributed by atoms with Gasteiger partial charge in [-0.2, -0.15) is 0 Å². The molecule has 1 fully saturated rings. The lowest BCUT2D eigenvalue weighted by atomic mass is 9.98. The second kappa shape index (κ2) is 46.4. The average molecular weight is 966 g/mol. The Bertz CT molecular complexity index is 1200. The quantitative estimate of drug-likeness (QED) is 0.0215. The lowest BCUT2D eigenvalue weighted by Crippen LogP contribution is -2.60. The predicted molar refractivity (Wildman–Crippen MR) is 279 cm³/mol. The van der Waals surface area contributed by atoms with Crippen molar-refractivity contribution in [2.24, 2.45) is 0 Å². The number of rotatable bonds is 48. The van der Waals surface area contributed by atoms with Gasteiger partial charge in [-0.25, -0.2) is 0 Å². The molecule has 400 valence electrons. The van der Waals surface area contributed by atoms with E-state index in [9.17, 15) is 40.5 Å². The van der Waals surface area contributed by atoms with Crippen LogP contribution in [0, 0.1) is 0 Å². The summed E-state index contributed by atoms with van der Waals surface area (Å²) in [6.07, 6.45) is 45.0. The number of allylic oxidation sites excluding steroid dienone is 6. The van der Waals surface area contributed by atoms with E-state index in [-0.39, 0.29) is 12.8 Å². The number of ether oxygens (including phenoxy) is 2. The summed E-state index contributed by atoms with van der Waals surface area (Å²) in [4.78, 5) is 13.1. The van der Waals surface area contributed by atoms with Crippen molar-refractivity contribution >= 4 is 5.91 Å². The number of unbranched alkanes of at least 4 members (excludes halogenated alkanes) is 30. The minimum atomic E-state index is -1.67. The monoisotopic (exact) mass is 966 g/mol. The summed E-state index contributed by atoms with van der Waals surface area (Å²) in [5, 5.41) is 75.9. The zero-order valence-electron chi connectivity index (χ0n) is 43.6. The van der Waals surface area contributed by atoms with Crippen molar-refractivity contribution in [3.63, 3.8) is 0 Å². The largest absolute Gasteiger partial charge is 0.394 e. The highest BCUT2D eigenvalue weighted by Gasteiger charge is 2.44. The summed E-state index contributed by atoms with van der Waals surface area (Å²) in [5.41, 5.74) is 0. The molecule has 9 atom stereocenters. The first kappa shape index (κ1) is 64.3. The van der Waals surface area contributed by atoms with Crippen LogP contribution in [0.4, 0.5) is 0 Å². The Labute approximate surface area is 416 Å². The Hall–Kier alpha value is -1.67. The lowest BCUT2D eigenvalue weighted by Gasteiger charge is -2.40. The first-order valence-corrected chi connectivity index (χ1v) is 28.4. The predicted octanol–water partition coefficient (Wildman–Crippen LogP) is 11.5. The first-order chi connectivity index (χ1) is 33.2. The lowest BCUT2D eigenvalue weighted by molar-refractivity contribution is -0.303. The van der Waals surface area contributed by atoms with E-state index in [1.165, 1.54) is 161 Å². The van der Waals surface area contributed by atoms with Crippen molar-refractivity contribution in [3.05, 3.63) is 36.5 Å². The zero-order chi connectivity index (χ0) is 49.7. The van der Waals surface area contributed by atoms with Gasteiger partial charge in [0.05, 0.1) is 25.4 Å². The van der Waals surface area contributed by atoms with Gasteiger partial charge in [0.1, 0.15) is 36.6 Å². The van der Waals surface area contributed by atoms with Gasteiger partial charge in [-0.3, -0.25) is 4.79 Å². The second-order valence-corrected chi connectivity index (χ2v) is 20.0. The van der Waals surface area contributed by atoms with Gasteiger partial charge in [-0.05, 0) is 64.2 Å². The average Bonchev–Trinajstić information content (AvgIpc) is 3.34. The summed E-state index contributed by atoms with van der Waals surface area (Å²) in [6, 6.07) is -1.19. The third-order valence-corrected chi connectivity index (χ3v) is 13.7. The smallest absolute Gasteiger partial charge is 0.249 e. The number of hydrogen-bond donors (Lipinski definition) is 8. The number of carbonyl (C=O) groups is 1. The Balaban J connectivity index is 2.32. The molecule has 68 heavy (non-hydrogen) atoms. The fourth-order valence-electron chi connectivity index (χ4n) is 9.00. The highest BCUT2D eigenvalue weighted by Crippen LogP contribution is 2.23. The van der Waals surface area contributed by atoms with E-state index < -0.39 is 74.2 Å². The summed E-state index contributed by atoms with van der Waals surface area (Å²) in [6.45, 7) is 3.44. The third kappa shape index (κ3) is 34.6. The van der Waals surface area contributed by atoms with Gasteiger partial charge < -0.3 is 50.5 Å². The van der Waals surface area contributed by atoms with Crippen LogP contribution in [0.25, 0.3) is 0 Å². The van der Waals surface area contributed by atoms with E-state index in [1.807, 2.05) is 0 Å². The van der Waals surface area contributed by atoms with Gasteiger partial charge in [0.15, 0.2) is 6.29 Å². The normalized spacial score (nSPS) is 20.8. The molecule has 0 bridgehead atoms. The Morgan fingerprint density at radius 3 is 1.31 bits per heavy atom. The van der Waals surface area contributed by atoms with Crippen LogP contribution in [-0.2, 0) is 14.3 Å². The number of aliphatic hydroxyl groups is 7. The molecule has 9 unspecified atom stereocenters. The molecule has 0 aliphatic carbocycles. The van der Waals surface area contributed by atoms with Gasteiger partial charge in [0, 0.05) is 0 Å². The van der Waals surface area contributed by atoms with E-state index in [1.54, 1.807) is 0 Å². The molecule has 8 N–H and O–H groups in total. The van der Waals surface area contributed by atoms with Gasteiger partial charge in [-0.15, -0.1) is 0 Å². The standard InChI is InChI=1S/C57H107NO10/c1-3-5-7-9-11-13-15-17-18-19-20-21-22-23-24-25-26-27-28-29-30-31-33-34-36-38-40-42-44-49(60)52(62)48(47-67-57-55(65)54(64)53(63)51(46-59)68-57)58-56(66)50(61)45-43-41-39-37-35-32-16-14-12-10-8-6-4-2/h26-27,30-31,36,38,48-55,57,59-65H,3-25,28-29,32-35,37,39-47H2,1-2H3,(H,58,66)/b27-26+,31-30+,38-36+. The van der Waals surface area contributed by atoms with Crippen molar-refractivity contribution in [2.75, 3.05) is 13.2 Å². The highest BCUT2D eigenvalue weighted by atomic mass is 16.7. The van der Waals surface area contributed by atoms with Crippen LogP contribution in [0.5, 0.6) is 0 Å². The van der Waals surface area contributed by atoms with Crippen molar-refractivity contribution in [3.8, 4) is 0 Å². The Kier molecular flexibility index (Phi) is 43.9. The maximum absolute atomic E-state index is 13.1. The van der Waals surface area contributed by atoms with E-state index in [4.69, 9.17) is 9.47 Å². The Morgan fingerprint density at radius 2 is 0.882 bits per heavy atom. The molecule has 0 spiro atoms. The van der Waals surface area contributed by atoms with Gasteiger partial charge >= 0.3 is 0 Å². The van der Waals surface area contributed by atoms with Crippen molar-refractivity contribution in [1.82, 2.24) is 5.32 Å². The van der Waals surface area contributed by atoms with Crippen LogP contribution < -0.4 is 5.32 Å². The summed E-state index contributed by atoms with van der Waals surface area (Å²) < 4.78 is 11.1. The fraction of sp³-hybridized carbons (Fsp3) is 0.877. The van der Waals surface area contributed by atoms with Crippen LogP contribution in [0.2, 0.25) is 0 Å². The summed E-state index contributed by atoms with van der Waals surface area (Å²) >= 11 is 0. The topological polar surface area (TPSA) is 189 Å². The molecule has 1 rings (SSSR count). The molecule has 1 aliphatic heterocycles. The maximum Gasteiger partial charge on any atom is 0.249 e. The molecule has 1 aliphatic rings. The van der Waals surface area contributed by atoms with Crippen molar-refractivity contribution in [1.29, 1.82) is 0 Å². The van der Waals surface area contributed by atoms with Crippen LogP contribution >= 0.6 is 0 Å². The van der Waals surface area contributed by atoms with E-state index in [0.29, 0.717) is 19.3 Å². The summed E-state index contributed by atoms with van der Waals surface area (Å²) in [5.74, 6) is -0.711. The minimum absolute atomic E-state index is 0.242. The number of aliphatic hydroxyl groups excluding tert-OH is 7. The number of nitrogens with one attached hydrogen (secondary N) is 1. The van der Waals surface area contributed by atoms with Gasteiger partial charge in [0.2, 0.25) is 5.91 Å². The number of carbonyl (C=O) groups excluding carboxylic acids is 1. The molecule has 11 nitrogen and oxygen atoms in total. The number of amides is 1. The van der Waals surface area contributed by atoms with Crippen LogP contribution in [0.3, 0.4) is 0 Å². The molecule has 0 aromatic heterocycles. The molecule has 1 heterocycles. The number of hydrogen-bond acceptors (Lipinski definition) is 10. The molecule has 1 amide bonds. The molecule has 11 heteroatoms. The SMILES string of the molecule is CCCCCCCCCCCCCCCCC/C=C/CC/C=C/CC/C=C/CCCC(O)C(O)C(COC1OC(CO)C(O)C(O)C1O)NC(=O)C(O)CCCCCCCCCCCCCCC.